The summed E-state index contributed by atoms with van der Waals surface area (Å²) in [6.45, 7) is 3.97. The first-order valence-electron chi connectivity index (χ1n) is 4.30. The van der Waals surface area contributed by atoms with Crippen LogP contribution in [0.3, 0.4) is 0 Å². The van der Waals surface area contributed by atoms with Crippen molar-refractivity contribution in [1.29, 1.82) is 0 Å². The summed E-state index contributed by atoms with van der Waals surface area (Å²) < 4.78 is 0. The molecule has 0 aliphatic heterocycles. The Kier molecular flexibility index (Phi) is 9.37. The summed E-state index contributed by atoms with van der Waals surface area (Å²) in [5.41, 5.74) is 0.176. The Morgan fingerprint density at radius 3 is 1.75 bits per heavy atom. The van der Waals surface area contributed by atoms with Crippen molar-refractivity contribution in [3.8, 4) is 0 Å². The Hall–Kier alpha value is -1.44. The summed E-state index contributed by atoms with van der Waals surface area (Å²) in [6.07, 6.45) is -3.31. The zero-order valence-electron chi connectivity index (χ0n) is 8.83. The zero-order chi connectivity index (χ0) is 13.3. The topological polar surface area (TPSA) is 135 Å². The first-order chi connectivity index (χ1) is 7.22. The van der Waals surface area contributed by atoms with Gasteiger partial charge in [0.1, 0.15) is 6.10 Å². The summed E-state index contributed by atoms with van der Waals surface area (Å²) >= 11 is 0. The normalized spacial score (nSPS) is 13.0. The third-order valence-corrected chi connectivity index (χ3v) is 1.38. The van der Waals surface area contributed by atoms with E-state index >= 15 is 0 Å². The molecule has 0 saturated heterocycles. The minimum Gasteiger partial charge on any atom is -0.481 e. The van der Waals surface area contributed by atoms with Crippen LogP contribution < -0.4 is 0 Å². The van der Waals surface area contributed by atoms with Crippen LogP contribution in [0.2, 0.25) is 0 Å². The molecule has 0 spiro atoms. The van der Waals surface area contributed by atoms with Crippen LogP contribution in [0.1, 0.15) is 13.3 Å². The molecule has 0 aromatic carbocycles. The van der Waals surface area contributed by atoms with E-state index in [0.29, 0.717) is 0 Å². The smallest absolute Gasteiger partial charge is 0.330 e. The number of rotatable bonds is 5. The van der Waals surface area contributed by atoms with Crippen LogP contribution in [0.4, 0.5) is 0 Å². The van der Waals surface area contributed by atoms with Crippen LogP contribution in [-0.4, -0.2) is 56.3 Å². The molecule has 7 nitrogen and oxygen atoms in total. The highest BCUT2D eigenvalue weighted by Crippen LogP contribution is 1.97. The molecule has 0 rings (SSSR count). The Morgan fingerprint density at radius 1 is 1.19 bits per heavy atom. The molecule has 16 heavy (non-hydrogen) atoms. The van der Waals surface area contributed by atoms with Crippen molar-refractivity contribution in [3.63, 3.8) is 0 Å². The summed E-state index contributed by atoms with van der Waals surface area (Å²) in [5, 5.41) is 41.5. The quantitative estimate of drug-likeness (QED) is 0.379. The lowest BCUT2D eigenvalue weighted by molar-refractivity contribution is -0.141. The molecule has 0 aromatic heterocycles. The molecule has 0 aliphatic carbocycles. The van der Waals surface area contributed by atoms with Gasteiger partial charge >= 0.3 is 11.9 Å². The first-order valence-corrected chi connectivity index (χ1v) is 4.30. The zero-order valence-corrected chi connectivity index (χ0v) is 8.83. The van der Waals surface area contributed by atoms with Crippen molar-refractivity contribution in [3.05, 3.63) is 12.2 Å². The van der Waals surface area contributed by atoms with E-state index in [1.165, 1.54) is 6.92 Å². The van der Waals surface area contributed by atoms with E-state index in [9.17, 15) is 9.59 Å². The minimum absolute atomic E-state index is 0.176. The number of aliphatic hydroxyl groups is 3. The highest BCUT2D eigenvalue weighted by Gasteiger charge is 2.17. The molecule has 2 atom stereocenters. The van der Waals surface area contributed by atoms with Gasteiger partial charge in [0.25, 0.3) is 0 Å². The van der Waals surface area contributed by atoms with Gasteiger partial charge in [0.15, 0.2) is 0 Å². The lowest BCUT2D eigenvalue weighted by Gasteiger charge is -2.12. The predicted octanol–water partition coefficient (Wildman–Crippen LogP) is -1.18. The van der Waals surface area contributed by atoms with Crippen molar-refractivity contribution in [2.75, 3.05) is 6.61 Å². The predicted molar refractivity (Wildman–Crippen MR) is 53.8 cm³/mol. The first kappa shape index (κ1) is 17.0. The summed E-state index contributed by atoms with van der Waals surface area (Å²) in [7, 11) is 0. The lowest BCUT2D eigenvalue weighted by Crippen LogP contribution is -2.31. The van der Waals surface area contributed by atoms with Gasteiger partial charge in [0.2, 0.25) is 0 Å². The number of carboxylic acid groups (broad SMARTS) is 2. The van der Waals surface area contributed by atoms with Crippen LogP contribution in [0, 0.1) is 0 Å². The van der Waals surface area contributed by atoms with Crippen LogP contribution in [0.25, 0.3) is 0 Å². The number of aliphatic hydroxyl groups excluding tert-OH is 3. The molecule has 0 fully saturated rings. The summed E-state index contributed by atoms with van der Waals surface area (Å²) in [5.74, 6) is -2.14. The third kappa shape index (κ3) is 10.6. The van der Waals surface area contributed by atoms with Crippen LogP contribution in [0.15, 0.2) is 12.2 Å². The molecule has 0 saturated carbocycles. The molecule has 0 radical (unpaired) electrons. The fraction of sp³-hybridized carbons (Fsp3) is 0.556. The van der Waals surface area contributed by atoms with E-state index in [-0.39, 0.29) is 5.57 Å². The van der Waals surface area contributed by atoms with Gasteiger partial charge in [-0.1, -0.05) is 6.58 Å². The van der Waals surface area contributed by atoms with Gasteiger partial charge in [-0.2, -0.15) is 0 Å². The number of carboxylic acids is 2. The van der Waals surface area contributed by atoms with Crippen molar-refractivity contribution >= 4 is 11.9 Å². The second-order valence-corrected chi connectivity index (χ2v) is 3.00. The molecule has 0 aliphatic rings. The maximum absolute atomic E-state index is 9.88. The highest BCUT2D eigenvalue weighted by atomic mass is 16.4. The van der Waals surface area contributed by atoms with Gasteiger partial charge in [0, 0.05) is 5.57 Å². The van der Waals surface area contributed by atoms with Gasteiger partial charge < -0.3 is 25.5 Å². The van der Waals surface area contributed by atoms with Crippen molar-refractivity contribution in [1.82, 2.24) is 0 Å². The van der Waals surface area contributed by atoms with Crippen LogP contribution in [0.5, 0.6) is 0 Å². The fourth-order valence-electron chi connectivity index (χ4n) is 0.437. The Balaban J connectivity index is 0. The summed E-state index contributed by atoms with van der Waals surface area (Å²) in [6, 6.07) is 0. The second-order valence-electron chi connectivity index (χ2n) is 3.00. The van der Waals surface area contributed by atoms with Gasteiger partial charge in [-0.15, -0.1) is 0 Å². The van der Waals surface area contributed by atoms with Crippen LogP contribution in [-0.2, 0) is 9.59 Å². The van der Waals surface area contributed by atoms with E-state index < -0.39 is 37.2 Å². The number of hydrogen-bond donors (Lipinski definition) is 5. The molecule has 0 heterocycles. The minimum atomic E-state index is -1.39. The number of aliphatic carboxylic acids is 2. The van der Waals surface area contributed by atoms with Crippen molar-refractivity contribution < 1.29 is 35.1 Å². The highest BCUT2D eigenvalue weighted by molar-refractivity contribution is 5.84. The molecule has 0 amide bonds. The van der Waals surface area contributed by atoms with E-state index in [4.69, 9.17) is 25.5 Å². The maximum atomic E-state index is 9.88. The van der Waals surface area contributed by atoms with Gasteiger partial charge in [-0.3, -0.25) is 4.79 Å². The largest absolute Gasteiger partial charge is 0.481 e. The molecular weight excluding hydrogens is 220 g/mol. The van der Waals surface area contributed by atoms with Crippen LogP contribution >= 0.6 is 0 Å². The van der Waals surface area contributed by atoms with Crippen molar-refractivity contribution in [2.45, 2.75) is 25.6 Å². The van der Waals surface area contributed by atoms with E-state index in [2.05, 4.69) is 6.58 Å². The number of carbonyl (C=O) groups is 2. The monoisotopic (exact) mass is 236 g/mol. The Labute approximate surface area is 92.3 Å². The molecule has 7 heteroatoms. The molecular formula is C9H16O7. The molecule has 94 valence electrons. The van der Waals surface area contributed by atoms with E-state index in [0.717, 1.165) is 0 Å². The van der Waals surface area contributed by atoms with Gasteiger partial charge in [0.05, 0.1) is 19.1 Å². The Morgan fingerprint density at radius 2 is 1.56 bits per heavy atom. The van der Waals surface area contributed by atoms with Gasteiger partial charge in [-0.25, -0.2) is 4.79 Å². The standard InChI is InChI=1S/C5H10O5.C4H6O2/c6-2-4(8)3(7)1-5(9)10;1-3(2)4(5)6/h3-4,6-8H,1-2H2,(H,9,10);1H2,2H3,(H,5,6). The maximum Gasteiger partial charge on any atom is 0.330 e. The second kappa shape index (κ2) is 8.84. The lowest BCUT2D eigenvalue weighted by atomic mass is 10.1. The third-order valence-electron chi connectivity index (χ3n) is 1.38. The van der Waals surface area contributed by atoms with E-state index in [1.54, 1.807) is 0 Å². The average molecular weight is 236 g/mol. The molecule has 0 bridgehead atoms. The molecule has 0 aromatic rings. The molecule has 2 unspecified atom stereocenters. The SMILES string of the molecule is C=C(C)C(=O)O.O=C(O)CC(O)C(O)CO. The van der Waals surface area contributed by atoms with E-state index in [1.807, 2.05) is 0 Å². The summed E-state index contributed by atoms with van der Waals surface area (Å²) in [4.78, 5) is 19.5. The fourth-order valence-corrected chi connectivity index (χ4v) is 0.437. The Bertz CT molecular complexity index is 236. The number of hydrogen-bond acceptors (Lipinski definition) is 5. The van der Waals surface area contributed by atoms with Crippen molar-refractivity contribution in [2.24, 2.45) is 0 Å². The average Bonchev–Trinajstić information content (AvgIpc) is 2.16. The van der Waals surface area contributed by atoms with Gasteiger partial charge in [-0.05, 0) is 6.92 Å². The molecule has 5 N–H and O–H groups in total.